The Bertz CT molecular complexity index is 539. The number of nitrogens with zero attached hydrogens (tertiary/aromatic N) is 2. The fraction of sp³-hybridized carbons (Fsp3) is 0.462. The second-order valence-corrected chi connectivity index (χ2v) is 5.29. The van der Waals surface area contributed by atoms with Crippen molar-refractivity contribution in [1.82, 2.24) is 10.2 Å². The fourth-order valence-corrected chi connectivity index (χ4v) is 2.69. The number of amides is 1. The van der Waals surface area contributed by atoms with Gasteiger partial charge in [0, 0.05) is 25.2 Å². The summed E-state index contributed by atoms with van der Waals surface area (Å²) < 4.78 is 0. The molecule has 8 heteroatoms. The number of hydrogen-bond donors (Lipinski definition) is 1. The first-order valence-corrected chi connectivity index (χ1v) is 6.78. The Hall–Kier alpha value is -1.37. The predicted molar refractivity (Wildman–Crippen MR) is 83.3 cm³/mol. The van der Waals surface area contributed by atoms with Gasteiger partial charge in [0.15, 0.2) is 0 Å². The van der Waals surface area contributed by atoms with Crippen LogP contribution in [0.4, 0.5) is 5.69 Å². The van der Waals surface area contributed by atoms with Crippen molar-refractivity contribution in [2.24, 2.45) is 5.92 Å². The van der Waals surface area contributed by atoms with Gasteiger partial charge < -0.3 is 10.2 Å². The molecule has 1 aromatic carbocycles. The van der Waals surface area contributed by atoms with Gasteiger partial charge in [-0.1, -0.05) is 11.6 Å². The lowest BCUT2D eigenvalue weighted by Crippen LogP contribution is -2.30. The molecule has 0 bridgehead atoms. The van der Waals surface area contributed by atoms with Crippen molar-refractivity contribution in [2.75, 3.05) is 26.7 Å². The fourth-order valence-electron chi connectivity index (χ4n) is 2.43. The van der Waals surface area contributed by atoms with Gasteiger partial charge >= 0.3 is 0 Å². The maximum atomic E-state index is 12.3. The zero-order valence-electron chi connectivity index (χ0n) is 11.5. The number of non-ortho nitro benzene ring substituents is 1. The average molecular weight is 334 g/mol. The summed E-state index contributed by atoms with van der Waals surface area (Å²) in [7, 11) is 1.89. The van der Waals surface area contributed by atoms with Gasteiger partial charge in [0.2, 0.25) is 0 Å². The first kappa shape index (κ1) is 17.7. The third-order valence-electron chi connectivity index (χ3n) is 3.46. The van der Waals surface area contributed by atoms with Crippen molar-refractivity contribution in [3.8, 4) is 0 Å². The van der Waals surface area contributed by atoms with Crippen LogP contribution in [-0.4, -0.2) is 42.4 Å². The minimum absolute atomic E-state index is 0. The minimum Gasteiger partial charge on any atom is -0.338 e. The second kappa shape index (κ2) is 7.59. The molecule has 6 nitrogen and oxygen atoms in total. The molecule has 0 spiro atoms. The SMILES string of the molecule is CNCC1CCN(C(=O)c2ccc([N+](=O)[O-])cc2Cl)C1.Cl. The van der Waals surface area contributed by atoms with Gasteiger partial charge in [-0.15, -0.1) is 12.4 Å². The predicted octanol–water partition coefficient (Wildman–Crippen LogP) is 2.35. The zero-order valence-corrected chi connectivity index (χ0v) is 13.1. The van der Waals surface area contributed by atoms with Crippen LogP contribution in [0.2, 0.25) is 5.02 Å². The van der Waals surface area contributed by atoms with Crippen LogP contribution in [0.3, 0.4) is 0 Å². The molecule has 1 N–H and O–H groups in total. The second-order valence-electron chi connectivity index (χ2n) is 4.88. The van der Waals surface area contributed by atoms with E-state index in [1.165, 1.54) is 18.2 Å². The number of nitro groups is 1. The first-order valence-electron chi connectivity index (χ1n) is 6.40. The molecule has 1 heterocycles. The number of likely N-dealkylation sites (tertiary alicyclic amines) is 1. The van der Waals surface area contributed by atoms with E-state index in [1.807, 2.05) is 7.05 Å². The molecule has 1 fully saturated rings. The molecule has 1 atom stereocenters. The number of hydrogen-bond acceptors (Lipinski definition) is 4. The van der Waals surface area contributed by atoms with E-state index >= 15 is 0 Å². The maximum Gasteiger partial charge on any atom is 0.270 e. The van der Waals surface area contributed by atoms with Crippen LogP contribution in [0.1, 0.15) is 16.8 Å². The van der Waals surface area contributed by atoms with Gasteiger partial charge in [0.05, 0.1) is 15.5 Å². The molecule has 0 radical (unpaired) electrons. The Morgan fingerprint density at radius 3 is 2.86 bits per heavy atom. The molecule has 0 saturated carbocycles. The Kier molecular flexibility index (Phi) is 6.39. The van der Waals surface area contributed by atoms with Crippen LogP contribution in [0.15, 0.2) is 18.2 Å². The van der Waals surface area contributed by atoms with Crippen molar-refractivity contribution in [2.45, 2.75) is 6.42 Å². The molecule has 1 aliphatic rings. The lowest BCUT2D eigenvalue weighted by atomic mass is 10.1. The summed E-state index contributed by atoms with van der Waals surface area (Å²) in [5, 5.41) is 13.9. The van der Waals surface area contributed by atoms with E-state index in [9.17, 15) is 14.9 Å². The quantitative estimate of drug-likeness (QED) is 0.677. The Labute approximate surface area is 134 Å². The van der Waals surface area contributed by atoms with Crippen LogP contribution in [0.25, 0.3) is 0 Å². The molecular weight excluding hydrogens is 317 g/mol. The van der Waals surface area contributed by atoms with Gasteiger partial charge in [-0.2, -0.15) is 0 Å². The van der Waals surface area contributed by atoms with Gasteiger partial charge in [0.25, 0.3) is 11.6 Å². The van der Waals surface area contributed by atoms with Crippen LogP contribution in [0.5, 0.6) is 0 Å². The highest BCUT2D eigenvalue weighted by Gasteiger charge is 2.28. The highest BCUT2D eigenvalue weighted by molar-refractivity contribution is 6.34. The number of nitrogens with one attached hydrogen (secondary N) is 1. The van der Waals surface area contributed by atoms with Gasteiger partial charge in [-0.25, -0.2) is 0 Å². The summed E-state index contributed by atoms with van der Waals surface area (Å²) in [6.07, 6.45) is 0.956. The van der Waals surface area contributed by atoms with Crippen LogP contribution >= 0.6 is 24.0 Å². The number of nitro benzene ring substituents is 1. The topological polar surface area (TPSA) is 75.5 Å². The standard InChI is InChI=1S/C13H16ClN3O3.ClH/c1-15-7-9-4-5-16(8-9)13(18)11-3-2-10(17(19)20)6-12(11)14;/h2-3,6,9,15H,4-5,7-8H2,1H3;1H. The van der Waals surface area contributed by atoms with Crippen molar-refractivity contribution < 1.29 is 9.72 Å². The van der Waals surface area contributed by atoms with Crippen molar-refractivity contribution >= 4 is 35.6 Å². The normalized spacial score (nSPS) is 17.4. The summed E-state index contributed by atoms with van der Waals surface area (Å²) in [5.74, 6) is 0.282. The van der Waals surface area contributed by atoms with E-state index in [2.05, 4.69) is 5.32 Å². The number of carbonyl (C=O) groups excluding carboxylic acids is 1. The molecule has 0 aromatic heterocycles. The van der Waals surface area contributed by atoms with E-state index < -0.39 is 4.92 Å². The molecule has 21 heavy (non-hydrogen) atoms. The van der Waals surface area contributed by atoms with Crippen molar-refractivity contribution in [3.05, 3.63) is 38.9 Å². The number of benzene rings is 1. The van der Waals surface area contributed by atoms with E-state index in [0.717, 1.165) is 13.0 Å². The molecule has 1 aromatic rings. The highest BCUT2D eigenvalue weighted by Crippen LogP contribution is 2.25. The monoisotopic (exact) mass is 333 g/mol. The summed E-state index contributed by atoms with van der Waals surface area (Å²) in [5.41, 5.74) is 0.211. The van der Waals surface area contributed by atoms with Crippen LogP contribution < -0.4 is 5.32 Å². The maximum absolute atomic E-state index is 12.3. The molecule has 2 rings (SSSR count). The van der Waals surface area contributed by atoms with E-state index in [1.54, 1.807) is 4.90 Å². The van der Waals surface area contributed by atoms with Gasteiger partial charge in [-0.05, 0) is 32.0 Å². The number of rotatable bonds is 4. The van der Waals surface area contributed by atoms with Crippen LogP contribution in [0, 0.1) is 16.0 Å². The first-order chi connectivity index (χ1) is 9.52. The molecule has 1 aliphatic heterocycles. The van der Waals surface area contributed by atoms with Crippen molar-refractivity contribution in [1.29, 1.82) is 0 Å². The van der Waals surface area contributed by atoms with Crippen molar-refractivity contribution in [3.63, 3.8) is 0 Å². The van der Waals surface area contributed by atoms with E-state index in [4.69, 9.17) is 11.6 Å². The average Bonchev–Trinajstić information content (AvgIpc) is 2.87. The molecule has 1 amide bonds. The molecule has 1 unspecified atom stereocenters. The minimum atomic E-state index is -0.529. The van der Waals surface area contributed by atoms with Gasteiger partial charge in [-0.3, -0.25) is 14.9 Å². The third-order valence-corrected chi connectivity index (χ3v) is 3.77. The molecule has 1 saturated heterocycles. The Morgan fingerprint density at radius 1 is 1.57 bits per heavy atom. The number of carbonyl (C=O) groups is 1. The summed E-state index contributed by atoms with van der Waals surface area (Å²) in [4.78, 5) is 24.2. The third kappa shape index (κ3) is 4.06. The lowest BCUT2D eigenvalue weighted by molar-refractivity contribution is -0.384. The summed E-state index contributed by atoms with van der Waals surface area (Å²) in [6, 6.07) is 3.95. The molecule has 0 aliphatic carbocycles. The van der Waals surface area contributed by atoms with E-state index in [-0.39, 0.29) is 29.0 Å². The summed E-state index contributed by atoms with van der Waals surface area (Å²) >= 11 is 5.98. The van der Waals surface area contributed by atoms with Gasteiger partial charge in [0.1, 0.15) is 0 Å². The Morgan fingerprint density at radius 2 is 2.29 bits per heavy atom. The number of halogens is 2. The molecular formula is C13H17Cl2N3O3. The largest absolute Gasteiger partial charge is 0.338 e. The highest BCUT2D eigenvalue weighted by atomic mass is 35.5. The summed E-state index contributed by atoms with van der Waals surface area (Å²) in [6.45, 7) is 2.25. The Balaban J connectivity index is 0.00000220. The zero-order chi connectivity index (χ0) is 14.7. The lowest BCUT2D eigenvalue weighted by Gasteiger charge is -2.17. The molecule has 116 valence electrons. The van der Waals surface area contributed by atoms with E-state index in [0.29, 0.717) is 24.6 Å². The smallest absolute Gasteiger partial charge is 0.270 e. The van der Waals surface area contributed by atoms with Crippen LogP contribution in [-0.2, 0) is 0 Å².